The molecule has 28 heavy (non-hydrogen) atoms. The number of hydrogen-bond donors (Lipinski definition) is 1. The topological polar surface area (TPSA) is 54.1 Å². The van der Waals surface area contributed by atoms with Crippen molar-refractivity contribution in [2.24, 2.45) is 16.6 Å². The highest BCUT2D eigenvalue weighted by Gasteiger charge is 2.19. The van der Waals surface area contributed by atoms with E-state index in [0.717, 1.165) is 77.0 Å². The van der Waals surface area contributed by atoms with Gasteiger partial charge in [0.2, 0.25) is 0 Å². The molecule has 1 aromatic carbocycles. The number of aliphatic imine (C=N–C) groups is 1. The van der Waals surface area contributed by atoms with Gasteiger partial charge in [0.15, 0.2) is 5.96 Å². The number of hydrogen-bond acceptors (Lipinski definition) is 3. The number of ether oxygens (including phenoxy) is 1. The van der Waals surface area contributed by atoms with Crippen LogP contribution in [0.25, 0.3) is 0 Å². The van der Waals surface area contributed by atoms with Crippen LogP contribution in [0.5, 0.6) is 0 Å². The normalized spacial score (nSPS) is 20.2. The van der Waals surface area contributed by atoms with Crippen LogP contribution in [-0.4, -0.2) is 61.2 Å². The molecule has 6 heteroatoms. The van der Waals surface area contributed by atoms with Crippen LogP contribution in [0.1, 0.15) is 44.6 Å². The van der Waals surface area contributed by atoms with Crippen molar-refractivity contribution < 1.29 is 4.74 Å². The monoisotopic (exact) mass is 500 g/mol. The molecule has 0 saturated carbocycles. The number of benzene rings is 1. The largest absolute Gasteiger partial charge is 0.378 e. The van der Waals surface area contributed by atoms with Gasteiger partial charge >= 0.3 is 0 Å². The number of piperidine rings is 2. The Hall–Kier alpha value is -0.860. The molecule has 158 valence electrons. The lowest BCUT2D eigenvalue weighted by Crippen LogP contribution is -2.42. The number of guanidine groups is 1. The minimum Gasteiger partial charge on any atom is -0.378 e. The zero-order chi connectivity index (χ0) is 18.9. The Balaban J connectivity index is 0.00000280. The van der Waals surface area contributed by atoms with Gasteiger partial charge in [0.05, 0.1) is 6.10 Å². The highest BCUT2D eigenvalue weighted by molar-refractivity contribution is 14.0. The first kappa shape index (κ1) is 23.4. The summed E-state index contributed by atoms with van der Waals surface area (Å²) in [5.74, 6) is 1.54. The van der Waals surface area contributed by atoms with Crippen molar-refractivity contribution in [3.05, 3.63) is 35.9 Å². The van der Waals surface area contributed by atoms with Gasteiger partial charge < -0.3 is 15.4 Å². The molecule has 2 N–H and O–H groups in total. The van der Waals surface area contributed by atoms with E-state index in [0.29, 0.717) is 6.10 Å². The number of halogens is 1. The standard InChI is InChI=1S/C22H36N4O.HI/c1-19-8-15-26(16-9-19)22(23)24-12-5-17-27-21-10-13-25(14-11-21)18-20-6-3-2-4-7-20;/h2-4,6-7,19,21H,5,8-18H2,1H3,(H2,23,24);1H. The second kappa shape index (κ2) is 12.6. The van der Waals surface area contributed by atoms with Crippen LogP contribution in [0.2, 0.25) is 0 Å². The lowest BCUT2D eigenvalue weighted by molar-refractivity contribution is 0.00565. The van der Waals surface area contributed by atoms with Crippen molar-refractivity contribution in [2.75, 3.05) is 39.3 Å². The van der Waals surface area contributed by atoms with Gasteiger partial charge in [-0.05, 0) is 43.6 Å². The molecule has 0 radical (unpaired) electrons. The van der Waals surface area contributed by atoms with E-state index in [2.05, 4.69) is 52.0 Å². The molecular weight excluding hydrogens is 463 g/mol. The average molecular weight is 500 g/mol. The Morgan fingerprint density at radius 3 is 2.43 bits per heavy atom. The van der Waals surface area contributed by atoms with Crippen LogP contribution >= 0.6 is 24.0 Å². The van der Waals surface area contributed by atoms with Gasteiger partial charge in [-0.15, -0.1) is 24.0 Å². The number of nitrogens with two attached hydrogens (primary N) is 1. The van der Waals surface area contributed by atoms with Crippen molar-refractivity contribution in [1.29, 1.82) is 0 Å². The van der Waals surface area contributed by atoms with Crippen LogP contribution in [0, 0.1) is 5.92 Å². The van der Waals surface area contributed by atoms with Crippen LogP contribution in [0.15, 0.2) is 35.3 Å². The van der Waals surface area contributed by atoms with E-state index >= 15 is 0 Å². The highest BCUT2D eigenvalue weighted by atomic mass is 127. The van der Waals surface area contributed by atoms with Crippen molar-refractivity contribution in [2.45, 2.75) is 51.7 Å². The van der Waals surface area contributed by atoms with Gasteiger partial charge in [0.25, 0.3) is 0 Å². The third kappa shape index (κ3) is 7.87. The number of nitrogens with zero attached hydrogens (tertiary/aromatic N) is 3. The van der Waals surface area contributed by atoms with E-state index in [1.54, 1.807) is 0 Å². The molecule has 2 aliphatic heterocycles. The van der Waals surface area contributed by atoms with Gasteiger partial charge in [-0.2, -0.15) is 0 Å². The summed E-state index contributed by atoms with van der Waals surface area (Å²) >= 11 is 0. The van der Waals surface area contributed by atoms with Crippen LogP contribution in [0.3, 0.4) is 0 Å². The summed E-state index contributed by atoms with van der Waals surface area (Å²) < 4.78 is 6.07. The van der Waals surface area contributed by atoms with Crippen molar-refractivity contribution in [1.82, 2.24) is 9.80 Å². The zero-order valence-corrected chi connectivity index (χ0v) is 19.6. The van der Waals surface area contributed by atoms with Gasteiger partial charge in [0.1, 0.15) is 0 Å². The Labute approximate surface area is 187 Å². The summed E-state index contributed by atoms with van der Waals surface area (Å²) in [6.45, 7) is 9.27. The van der Waals surface area contributed by atoms with E-state index in [9.17, 15) is 0 Å². The third-order valence-corrected chi connectivity index (χ3v) is 5.82. The summed E-state index contributed by atoms with van der Waals surface area (Å²) in [5.41, 5.74) is 7.53. The smallest absolute Gasteiger partial charge is 0.191 e. The molecule has 1 aromatic rings. The number of likely N-dealkylation sites (tertiary alicyclic amines) is 2. The van der Waals surface area contributed by atoms with Crippen molar-refractivity contribution in [3.8, 4) is 0 Å². The van der Waals surface area contributed by atoms with Crippen LogP contribution < -0.4 is 5.73 Å². The fourth-order valence-corrected chi connectivity index (χ4v) is 3.92. The molecule has 0 unspecified atom stereocenters. The highest BCUT2D eigenvalue weighted by Crippen LogP contribution is 2.17. The molecular formula is C22H37IN4O. The fourth-order valence-electron chi connectivity index (χ4n) is 3.92. The van der Waals surface area contributed by atoms with Gasteiger partial charge in [-0.3, -0.25) is 9.89 Å². The van der Waals surface area contributed by atoms with Crippen molar-refractivity contribution in [3.63, 3.8) is 0 Å². The second-order valence-corrected chi connectivity index (χ2v) is 8.09. The first-order valence-corrected chi connectivity index (χ1v) is 10.6. The molecule has 0 aliphatic carbocycles. The van der Waals surface area contributed by atoms with Gasteiger partial charge in [-0.1, -0.05) is 37.3 Å². The first-order chi connectivity index (χ1) is 13.2. The summed E-state index contributed by atoms with van der Waals surface area (Å²) in [4.78, 5) is 9.30. The summed E-state index contributed by atoms with van der Waals surface area (Å²) in [5, 5.41) is 0. The molecule has 2 fully saturated rings. The van der Waals surface area contributed by atoms with E-state index in [1.807, 2.05) is 0 Å². The Morgan fingerprint density at radius 1 is 1.07 bits per heavy atom. The molecule has 2 heterocycles. The summed E-state index contributed by atoms with van der Waals surface area (Å²) in [7, 11) is 0. The minimum atomic E-state index is 0. The van der Waals surface area contributed by atoms with Gasteiger partial charge in [0, 0.05) is 45.9 Å². The zero-order valence-electron chi connectivity index (χ0n) is 17.3. The Bertz CT molecular complexity index is 567. The lowest BCUT2D eigenvalue weighted by Gasteiger charge is -2.32. The predicted molar refractivity (Wildman–Crippen MR) is 127 cm³/mol. The van der Waals surface area contributed by atoms with Crippen molar-refractivity contribution >= 4 is 29.9 Å². The third-order valence-electron chi connectivity index (χ3n) is 5.82. The maximum absolute atomic E-state index is 6.13. The molecule has 3 rings (SSSR count). The Kier molecular flexibility index (Phi) is 10.6. The maximum atomic E-state index is 6.13. The molecule has 0 bridgehead atoms. The molecule has 0 aromatic heterocycles. The second-order valence-electron chi connectivity index (χ2n) is 8.09. The maximum Gasteiger partial charge on any atom is 0.191 e. The fraction of sp³-hybridized carbons (Fsp3) is 0.682. The van der Waals surface area contributed by atoms with E-state index in [-0.39, 0.29) is 24.0 Å². The SMILES string of the molecule is CC1CCN(C(N)=NCCCOC2CCN(Cc3ccccc3)CC2)CC1.I. The molecule has 0 amide bonds. The molecule has 0 spiro atoms. The first-order valence-electron chi connectivity index (χ1n) is 10.6. The van der Waals surface area contributed by atoms with E-state index in [4.69, 9.17) is 10.5 Å². The Morgan fingerprint density at radius 2 is 1.75 bits per heavy atom. The van der Waals surface area contributed by atoms with E-state index in [1.165, 1.54) is 18.4 Å². The molecule has 5 nitrogen and oxygen atoms in total. The average Bonchev–Trinajstić information content (AvgIpc) is 2.70. The van der Waals surface area contributed by atoms with Gasteiger partial charge in [-0.25, -0.2) is 0 Å². The number of rotatable bonds is 7. The lowest BCUT2D eigenvalue weighted by atomic mass is 10.00. The predicted octanol–water partition coefficient (Wildman–Crippen LogP) is 3.72. The molecule has 2 saturated heterocycles. The summed E-state index contributed by atoms with van der Waals surface area (Å²) in [6.07, 6.45) is 6.07. The molecule has 2 aliphatic rings. The minimum absolute atomic E-state index is 0. The quantitative estimate of drug-likeness (QED) is 0.269. The summed E-state index contributed by atoms with van der Waals surface area (Å²) in [6, 6.07) is 10.7. The van der Waals surface area contributed by atoms with Crippen LogP contribution in [0.4, 0.5) is 0 Å². The van der Waals surface area contributed by atoms with E-state index < -0.39 is 0 Å². The molecule has 0 atom stereocenters. The van der Waals surface area contributed by atoms with Crippen LogP contribution in [-0.2, 0) is 11.3 Å².